The molecule has 0 fully saturated rings. The first kappa shape index (κ1) is 19.4. The summed E-state index contributed by atoms with van der Waals surface area (Å²) in [5, 5.41) is 7.80. The summed E-state index contributed by atoms with van der Waals surface area (Å²) in [4.78, 5) is 25.4. The Morgan fingerprint density at radius 1 is 1.00 bits per heavy atom. The Labute approximate surface area is 174 Å². The lowest BCUT2D eigenvalue weighted by molar-refractivity contribution is 0.102. The van der Waals surface area contributed by atoms with Crippen LogP contribution in [0.3, 0.4) is 0 Å². The van der Waals surface area contributed by atoms with Crippen LogP contribution in [0.4, 0.5) is 17.5 Å². The lowest BCUT2D eigenvalue weighted by Gasteiger charge is -2.19. The van der Waals surface area contributed by atoms with Gasteiger partial charge in [-0.15, -0.1) is 0 Å². The van der Waals surface area contributed by atoms with Crippen LogP contribution in [-0.2, 0) is 0 Å². The van der Waals surface area contributed by atoms with Crippen molar-refractivity contribution in [3.63, 3.8) is 0 Å². The Morgan fingerprint density at radius 2 is 1.77 bits per heavy atom. The van der Waals surface area contributed by atoms with Gasteiger partial charge in [-0.25, -0.2) is 4.98 Å². The molecule has 0 saturated heterocycles. The van der Waals surface area contributed by atoms with E-state index in [0.717, 1.165) is 10.9 Å². The second-order valence-corrected chi connectivity index (χ2v) is 7.26. The monoisotopic (exact) mass is 402 g/mol. The minimum atomic E-state index is -0.263. The summed E-state index contributed by atoms with van der Waals surface area (Å²) in [5.74, 6) is 1.56. The van der Waals surface area contributed by atoms with Gasteiger partial charge in [0.15, 0.2) is 11.6 Å². The Hall–Kier alpha value is -3.94. The number of anilines is 3. The van der Waals surface area contributed by atoms with Crippen molar-refractivity contribution in [3.8, 4) is 11.3 Å². The lowest BCUT2D eigenvalue weighted by Crippen LogP contribution is -2.21. The zero-order chi connectivity index (χ0) is 21.3. The SMILES string of the molecule is CN(C)c1ncc(NC(=O)c2ccc3noc(-c4ccccc4)c3c2)c(N(C)C)n1. The molecule has 0 spiro atoms. The van der Waals surface area contributed by atoms with E-state index in [1.54, 1.807) is 24.4 Å². The highest BCUT2D eigenvalue weighted by Crippen LogP contribution is 2.30. The van der Waals surface area contributed by atoms with Crippen molar-refractivity contribution in [1.29, 1.82) is 0 Å². The molecule has 0 radical (unpaired) electrons. The quantitative estimate of drug-likeness (QED) is 0.545. The van der Waals surface area contributed by atoms with Gasteiger partial charge in [-0.05, 0) is 18.2 Å². The molecule has 0 bridgehead atoms. The third kappa shape index (κ3) is 3.67. The van der Waals surface area contributed by atoms with Crippen molar-refractivity contribution in [2.24, 2.45) is 0 Å². The smallest absolute Gasteiger partial charge is 0.255 e. The maximum absolute atomic E-state index is 13.0. The van der Waals surface area contributed by atoms with Crippen LogP contribution >= 0.6 is 0 Å². The Kier molecular flexibility index (Phi) is 5.05. The van der Waals surface area contributed by atoms with Crippen molar-refractivity contribution in [1.82, 2.24) is 15.1 Å². The lowest BCUT2D eigenvalue weighted by atomic mass is 10.1. The van der Waals surface area contributed by atoms with Crippen molar-refractivity contribution in [2.45, 2.75) is 0 Å². The van der Waals surface area contributed by atoms with Crippen LogP contribution in [0.5, 0.6) is 0 Å². The summed E-state index contributed by atoms with van der Waals surface area (Å²) in [5.41, 5.74) is 2.62. The molecular weight excluding hydrogens is 380 g/mol. The van der Waals surface area contributed by atoms with Gasteiger partial charge in [0, 0.05) is 39.3 Å². The first-order valence-electron chi connectivity index (χ1n) is 9.42. The van der Waals surface area contributed by atoms with Crippen molar-refractivity contribution < 1.29 is 9.32 Å². The zero-order valence-electron chi connectivity index (χ0n) is 17.2. The fourth-order valence-corrected chi connectivity index (χ4v) is 3.08. The fraction of sp³-hybridized carbons (Fsp3) is 0.182. The molecule has 8 nitrogen and oxygen atoms in total. The molecule has 4 aromatic rings. The number of carbonyl (C=O) groups is 1. The molecule has 2 heterocycles. The predicted octanol–water partition coefficient (Wildman–Crippen LogP) is 3.67. The van der Waals surface area contributed by atoms with E-state index in [1.807, 2.05) is 68.3 Å². The summed E-state index contributed by atoms with van der Waals surface area (Å²) < 4.78 is 5.53. The van der Waals surface area contributed by atoms with Gasteiger partial charge in [0.2, 0.25) is 5.95 Å². The van der Waals surface area contributed by atoms with Crippen LogP contribution in [0.1, 0.15) is 10.4 Å². The Morgan fingerprint density at radius 3 is 2.47 bits per heavy atom. The summed E-state index contributed by atoms with van der Waals surface area (Å²) in [6.45, 7) is 0. The highest BCUT2D eigenvalue weighted by molar-refractivity contribution is 6.08. The number of hydrogen-bond acceptors (Lipinski definition) is 7. The number of rotatable bonds is 5. The van der Waals surface area contributed by atoms with Gasteiger partial charge in [-0.3, -0.25) is 4.79 Å². The number of fused-ring (bicyclic) bond motifs is 1. The van der Waals surface area contributed by atoms with E-state index in [2.05, 4.69) is 20.4 Å². The molecular formula is C22H22N6O2. The summed E-state index contributed by atoms with van der Waals surface area (Å²) >= 11 is 0. The second-order valence-electron chi connectivity index (χ2n) is 7.26. The topological polar surface area (TPSA) is 87.4 Å². The number of hydrogen-bond donors (Lipinski definition) is 1. The van der Waals surface area contributed by atoms with Gasteiger partial charge in [0.1, 0.15) is 11.2 Å². The number of nitrogens with one attached hydrogen (secondary N) is 1. The highest BCUT2D eigenvalue weighted by atomic mass is 16.5. The largest absolute Gasteiger partial charge is 0.361 e. The highest BCUT2D eigenvalue weighted by Gasteiger charge is 2.17. The molecule has 0 saturated carbocycles. The summed E-state index contributed by atoms with van der Waals surface area (Å²) in [6, 6.07) is 15.0. The molecule has 1 N–H and O–H groups in total. The number of aromatic nitrogens is 3. The van der Waals surface area contributed by atoms with Crippen LogP contribution in [-0.4, -0.2) is 49.2 Å². The van der Waals surface area contributed by atoms with E-state index >= 15 is 0 Å². The van der Waals surface area contributed by atoms with Crippen LogP contribution in [0.2, 0.25) is 0 Å². The number of benzene rings is 2. The van der Waals surface area contributed by atoms with Gasteiger partial charge in [-0.2, -0.15) is 4.98 Å². The van der Waals surface area contributed by atoms with Gasteiger partial charge in [0.25, 0.3) is 5.91 Å². The molecule has 2 aromatic carbocycles. The van der Waals surface area contributed by atoms with Gasteiger partial charge < -0.3 is 19.6 Å². The van der Waals surface area contributed by atoms with E-state index in [1.165, 1.54) is 0 Å². The first-order valence-corrected chi connectivity index (χ1v) is 9.42. The van der Waals surface area contributed by atoms with E-state index in [-0.39, 0.29) is 5.91 Å². The van der Waals surface area contributed by atoms with Crippen molar-refractivity contribution in [3.05, 3.63) is 60.3 Å². The molecule has 152 valence electrons. The number of nitrogens with zero attached hydrogens (tertiary/aromatic N) is 5. The Balaban J connectivity index is 1.67. The molecule has 1 amide bonds. The molecule has 0 aliphatic rings. The predicted molar refractivity (Wildman–Crippen MR) is 118 cm³/mol. The van der Waals surface area contributed by atoms with Crippen LogP contribution in [0, 0.1) is 0 Å². The van der Waals surface area contributed by atoms with Crippen molar-refractivity contribution in [2.75, 3.05) is 43.3 Å². The van der Waals surface area contributed by atoms with Crippen molar-refractivity contribution >= 4 is 34.3 Å². The molecule has 30 heavy (non-hydrogen) atoms. The molecule has 4 rings (SSSR count). The van der Waals surface area contributed by atoms with E-state index < -0.39 is 0 Å². The Bertz CT molecular complexity index is 1200. The van der Waals surface area contributed by atoms with Crippen LogP contribution in [0.25, 0.3) is 22.2 Å². The number of amides is 1. The molecule has 0 unspecified atom stereocenters. The normalized spacial score (nSPS) is 10.8. The van der Waals surface area contributed by atoms with Gasteiger partial charge >= 0.3 is 0 Å². The minimum absolute atomic E-state index is 0.263. The maximum atomic E-state index is 13.0. The van der Waals surface area contributed by atoms with Gasteiger partial charge in [0.05, 0.1) is 11.6 Å². The van der Waals surface area contributed by atoms with E-state index in [0.29, 0.717) is 34.3 Å². The van der Waals surface area contributed by atoms with Gasteiger partial charge in [-0.1, -0.05) is 35.5 Å². The fourth-order valence-electron chi connectivity index (χ4n) is 3.08. The first-order chi connectivity index (χ1) is 14.4. The third-order valence-corrected chi connectivity index (χ3v) is 4.60. The standard InChI is InChI=1S/C22H22N6O2/c1-27(2)20-18(13-23-22(25-20)28(3)4)24-21(29)15-10-11-17-16(12-15)19(30-26-17)14-8-6-5-7-9-14/h5-13H,1-4H3,(H,24,29). The van der Waals surface area contributed by atoms with E-state index in [9.17, 15) is 4.79 Å². The van der Waals surface area contributed by atoms with Crippen LogP contribution < -0.4 is 15.1 Å². The second kappa shape index (κ2) is 7.82. The minimum Gasteiger partial charge on any atom is -0.361 e. The average Bonchev–Trinajstić information content (AvgIpc) is 3.17. The molecule has 0 aliphatic heterocycles. The third-order valence-electron chi connectivity index (χ3n) is 4.60. The van der Waals surface area contributed by atoms with Crippen LogP contribution in [0.15, 0.2) is 59.3 Å². The maximum Gasteiger partial charge on any atom is 0.255 e. The summed E-state index contributed by atoms with van der Waals surface area (Å²) in [7, 11) is 7.47. The number of carbonyl (C=O) groups excluding carboxylic acids is 1. The zero-order valence-corrected chi connectivity index (χ0v) is 17.2. The van der Waals surface area contributed by atoms with E-state index in [4.69, 9.17) is 4.52 Å². The molecule has 2 aromatic heterocycles. The molecule has 0 aliphatic carbocycles. The summed E-state index contributed by atoms with van der Waals surface area (Å²) in [6.07, 6.45) is 1.61. The average molecular weight is 402 g/mol. The molecule has 8 heteroatoms. The molecule has 0 atom stereocenters.